The second-order valence-electron chi connectivity index (χ2n) is 5.83. The van der Waals surface area contributed by atoms with Gasteiger partial charge in [-0.15, -0.1) is 0 Å². The van der Waals surface area contributed by atoms with Crippen molar-refractivity contribution in [3.05, 3.63) is 59.9 Å². The average Bonchev–Trinajstić information content (AvgIpc) is 2.93. The molecule has 0 aliphatic carbocycles. The van der Waals surface area contributed by atoms with E-state index in [1.807, 2.05) is 0 Å². The Bertz CT molecular complexity index is 779. The van der Waals surface area contributed by atoms with E-state index in [1.165, 1.54) is 12.1 Å². The molecule has 1 heterocycles. The molecule has 0 unspecified atom stereocenters. The number of nitrogens with one attached hydrogen (secondary N) is 1. The third kappa shape index (κ3) is 4.26. The first-order valence-corrected chi connectivity index (χ1v) is 7.85. The maximum atomic E-state index is 13.1. The number of carbonyl (C=O) groups is 2. The minimum absolute atomic E-state index is 0.0767. The zero-order valence-corrected chi connectivity index (χ0v) is 13.4. The molecule has 3 rings (SSSR count). The molecule has 0 aromatic heterocycles. The topological polar surface area (TPSA) is 84.7 Å². The minimum atomic E-state index is -0.638. The van der Waals surface area contributed by atoms with E-state index in [4.69, 9.17) is 10.5 Å². The fraction of sp³-hybridized carbons (Fsp3) is 0.222. The first kappa shape index (κ1) is 16.8. The number of rotatable bonds is 5. The molecule has 2 aromatic rings. The highest BCUT2D eigenvalue weighted by Crippen LogP contribution is 2.24. The van der Waals surface area contributed by atoms with Crippen molar-refractivity contribution >= 4 is 17.6 Å². The first-order chi connectivity index (χ1) is 12.0. The highest BCUT2D eigenvalue weighted by Gasteiger charge is 2.31. The van der Waals surface area contributed by atoms with Gasteiger partial charge in [-0.1, -0.05) is 12.1 Å². The Morgan fingerprint density at radius 3 is 2.72 bits per heavy atom. The Kier molecular flexibility index (Phi) is 4.83. The maximum Gasteiger partial charge on any atom is 0.312 e. The van der Waals surface area contributed by atoms with Crippen molar-refractivity contribution in [1.29, 1.82) is 0 Å². The maximum absolute atomic E-state index is 13.1. The highest BCUT2D eigenvalue weighted by atomic mass is 19.1. The van der Waals surface area contributed by atoms with Crippen molar-refractivity contribution in [2.24, 2.45) is 5.73 Å². The number of carbonyl (C=O) groups excluding carboxylic acids is 2. The van der Waals surface area contributed by atoms with Gasteiger partial charge in [0, 0.05) is 18.7 Å². The summed E-state index contributed by atoms with van der Waals surface area (Å²) in [5.41, 5.74) is 6.55. The molecule has 6 nitrogen and oxygen atoms in total. The smallest absolute Gasteiger partial charge is 0.312 e. The van der Waals surface area contributed by atoms with Crippen LogP contribution in [0.5, 0.6) is 5.75 Å². The molecule has 3 amide bonds. The molecule has 130 valence electrons. The predicted octanol–water partition coefficient (Wildman–Crippen LogP) is 2.18. The molecular weight excluding hydrogens is 325 g/mol. The van der Waals surface area contributed by atoms with Crippen LogP contribution in [0.25, 0.3) is 0 Å². The lowest BCUT2D eigenvalue weighted by Gasteiger charge is -2.17. The lowest BCUT2D eigenvalue weighted by Crippen LogP contribution is -2.40. The summed E-state index contributed by atoms with van der Waals surface area (Å²) in [6, 6.07) is 12.3. The number of hydrogen-bond acceptors (Lipinski definition) is 3. The van der Waals surface area contributed by atoms with Crippen LogP contribution in [0.1, 0.15) is 12.0 Å². The molecule has 3 N–H and O–H groups in total. The number of primary amides is 1. The molecule has 25 heavy (non-hydrogen) atoms. The SMILES string of the molecule is NC(=O)N[C@@H]1CC(=O)N(c2ccc(OCc3cccc(F)c3)cc2)C1. The Balaban J connectivity index is 1.60. The van der Waals surface area contributed by atoms with Gasteiger partial charge in [0.05, 0.1) is 6.04 Å². The van der Waals surface area contributed by atoms with Gasteiger partial charge in [-0.3, -0.25) is 4.79 Å². The Morgan fingerprint density at radius 2 is 2.04 bits per heavy atom. The molecule has 1 aliphatic heterocycles. The highest BCUT2D eigenvalue weighted by molar-refractivity contribution is 5.96. The molecule has 0 bridgehead atoms. The van der Waals surface area contributed by atoms with E-state index >= 15 is 0 Å². The number of benzene rings is 2. The summed E-state index contributed by atoms with van der Waals surface area (Å²) in [6.45, 7) is 0.635. The molecule has 1 atom stereocenters. The zero-order valence-electron chi connectivity index (χ0n) is 13.4. The van der Waals surface area contributed by atoms with E-state index in [9.17, 15) is 14.0 Å². The molecule has 0 spiro atoms. The number of urea groups is 1. The summed E-state index contributed by atoms with van der Waals surface area (Å²) in [4.78, 5) is 24.6. The normalized spacial score (nSPS) is 16.8. The molecule has 1 saturated heterocycles. The Morgan fingerprint density at radius 1 is 1.28 bits per heavy atom. The van der Waals surface area contributed by atoms with E-state index in [-0.39, 0.29) is 30.8 Å². The number of nitrogens with two attached hydrogens (primary N) is 1. The Labute approximate surface area is 144 Å². The van der Waals surface area contributed by atoms with Crippen molar-refractivity contribution in [1.82, 2.24) is 5.32 Å². The lowest BCUT2D eigenvalue weighted by molar-refractivity contribution is -0.117. The van der Waals surface area contributed by atoms with E-state index in [2.05, 4.69) is 5.32 Å². The number of anilines is 1. The summed E-state index contributed by atoms with van der Waals surface area (Å²) in [6.07, 6.45) is 0.223. The van der Waals surface area contributed by atoms with E-state index in [0.717, 1.165) is 11.3 Å². The van der Waals surface area contributed by atoms with Gasteiger partial charge in [-0.25, -0.2) is 9.18 Å². The van der Waals surface area contributed by atoms with Crippen LogP contribution in [0.3, 0.4) is 0 Å². The van der Waals surface area contributed by atoms with Gasteiger partial charge in [0.2, 0.25) is 5.91 Å². The summed E-state index contributed by atoms with van der Waals surface area (Å²) in [5, 5.41) is 2.55. The van der Waals surface area contributed by atoms with Crippen molar-refractivity contribution in [3.8, 4) is 5.75 Å². The number of amides is 3. The number of nitrogens with zero attached hydrogens (tertiary/aromatic N) is 1. The second-order valence-corrected chi connectivity index (χ2v) is 5.83. The van der Waals surface area contributed by atoms with E-state index in [0.29, 0.717) is 12.3 Å². The summed E-state index contributed by atoms with van der Waals surface area (Å²) < 4.78 is 18.8. The predicted molar refractivity (Wildman–Crippen MR) is 90.7 cm³/mol. The molecular formula is C18H18FN3O3. The van der Waals surface area contributed by atoms with E-state index in [1.54, 1.807) is 41.3 Å². The minimum Gasteiger partial charge on any atom is -0.489 e. The van der Waals surface area contributed by atoms with Crippen molar-refractivity contribution in [2.45, 2.75) is 19.1 Å². The van der Waals surface area contributed by atoms with Crippen molar-refractivity contribution < 1.29 is 18.7 Å². The molecule has 7 heteroatoms. The molecule has 0 saturated carbocycles. The van der Waals surface area contributed by atoms with E-state index < -0.39 is 6.03 Å². The number of halogens is 1. The van der Waals surface area contributed by atoms with Gasteiger partial charge >= 0.3 is 6.03 Å². The van der Waals surface area contributed by atoms with Crippen molar-refractivity contribution in [3.63, 3.8) is 0 Å². The van der Waals surface area contributed by atoms with Gasteiger partial charge < -0.3 is 20.7 Å². The quantitative estimate of drug-likeness (QED) is 0.873. The fourth-order valence-corrected chi connectivity index (χ4v) is 2.77. The van der Waals surface area contributed by atoms with Crippen LogP contribution in [-0.4, -0.2) is 24.5 Å². The zero-order chi connectivity index (χ0) is 17.8. The van der Waals surface area contributed by atoms with Gasteiger partial charge in [0.1, 0.15) is 18.2 Å². The summed E-state index contributed by atoms with van der Waals surface area (Å²) in [7, 11) is 0. The standard InChI is InChI=1S/C18H18FN3O3/c19-13-3-1-2-12(8-13)11-25-16-6-4-15(5-7-16)22-10-14(9-17(22)23)21-18(20)24/h1-8,14H,9-11H2,(H3,20,21,24)/t14-/m1/s1. The second kappa shape index (κ2) is 7.21. The average molecular weight is 343 g/mol. The number of hydrogen-bond donors (Lipinski definition) is 2. The van der Waals surface area contributed by atoms with Crippen molar-refractivity contribution in [2.75, 3.05) is 11.4 Å². The van der Waals surface area contributed by atoms with Crippen LogP contribution in [0.4, 0.5) is 14.9 Å². The number of ether oxygens (including phenoxy) is 1. The van der Waals surface area contributed by atoms with Crippen LogP contribution in [0.15, 0.2) is 48.5 Å². The fourth-order valence-electron chi connectivity index (χ4n) is 2.77. The van der Waals surface area contributed by atoms with Crippen LogP contribution < -0.4 is 20.7 Å². The van der Waals surface area contributed by atoms with Crippen LogP contribution in [-0.2, 0) is 11.4 Å². The largest absolute Gasteiger partial charge is 0.489 e. The third-order valence-electron chi connectivity index (χ3n) is 3.91. The molecule has 2 aromatic carbocycles. The molecule has 0 radical (unpaired) electrons. The first-order valence-electron chi connectivity index (χ1n) is 7.85. The Hall–Kier alpha value is -3.09. The van der Waals surface area contributed by atoms with Crippen LogP contribution in [0, 0.1) is 5.82 Å². The summed E-state index contributed by atoms with van der Waals surface area (Å²) >= 11 is 0. The van der Waals surface area contributed by atoms with Crippen LogP contribution >= 0.6 is 0 Å². The summed E-state index contributed by atoms with van der Waals surface area (Å²) in [5.74, 6) is 0.238. The van der Waals surface area contributed by atoms with Gasteiger partial charge in [0.25, 0.3) is 0 Å². The van der Waals surface area contributed by atoms with Gasteiger partial charge in [-0.05, 0) is 42.0 Å². The van der Waals surface area contributed by atoms with Crippen LogP contribution in [0.2, 0.25) is 0 Å². The monoisotopic (exact) mass is 343 g/mol. The lowest BCUT2D eigenvalue weighted by atomic mass is 10.2. The molecule has 1 fully saturated rings. The third-order valence-corrected chi connectivity index (χ3v) is 3.91. The van der Waals surface area contributed by atoms with Gasteiger partial charge in [0.15, 0.2) is 0 Å². The molecule has 1 aliphatic rings. The van der Waals surface area contributed by atoms with Gasteiger partial charge in [-0.2, -0.15) is 0 Å².